The SMILES string of the molecule is Cc1ccccc1/C=N\Nc1ccc(F)cc1. The fourth-order valence-corrected chi connectivity index (χ4v) is 1.43. The maximum atomic E-state index is 12.7. The van der Waals surface area contributed by atoms with Gasteiger partial charge in [0.2, 0.25) is 0 Å². The van der Waals surface area contributed by atoms with Gasteiger partial charge in [-0.2, -0.15) is 5.10 Å². The number of hydrogen-bond donors (Lipinski definition) is 1. The van der Waals surface area contributed by atoms with Gasteiger partial charge in [-0.25, -0.2) is 4.39 Å². The van der Waals surface area contributed by atoms with Crippen LogP contribution in [0.1, 0.15) is 11.1 Å². The van der Waals surface area contributed by atoms with Crippen molar-refractivity contribution in [1.82, 2.24) is 0 Å². The zero-order valence-corrected chi connectivity index (χ0v) is 9.52. The largest absolute Gasteiger partial charge is 0.279 e. The van der Waals surface area contributed by atoms with Crippen molar-refractivity contribution in [2.75, 3.05) is 5.43 Å². The minimum atomic E-state index is -0.251. The lowest BCUT2D eigenvalue weighted by molar-refractivity contribution is 0.628. The average molecular weight is 228 g/mol. The highest BCUT2D eigenvalue weighted by Crippen LogP contribution is 2.08. The van der Waals surface area contributed by atoms with E-state index in [2.05, 4.69) is 10.5 Å². The van der Waals surface area contributed by atoms with Crippen LogP contribution in [-0.4, -0.2) is 6.21 Å². The van der Waals surface area contributed by atoms with Gasteiger partial charge < -0.3 is 0 Å². The Kier molecular flexibility index (Phi) is 3.50. The third-order valence-electron chi connectivity index (χ3n) is 2.43. The quantitative estimate of drug-likeness (QED) is 0.630. The van der Waals surface area contributed by atoms with Gasteiger partial charge in [0.05, 0.1) is 11.9 Å². The van der Waals surface area contributed by atoms with Gasteiger partial charge in [-0.15, -0.1) is 0 Å². The molecular formula is C14H13FN2. The van der Waals surface area contributed by atoms with E-state index in [1.165, 1.54) is 12.1 Å². The molecule has 0 amide bonds. The number of hydrogen-bond acceptors (Lipinski definition) is 2. The predicted octanol–water partition coefficient (Wildman–Crippen LogP) is 3.58. The number of benzene rings is 2. The summed E-state index contributed by atoms with van der Waals surface area (Å²) in [5, 5.41) is 4.10. The monoisotopic (exact) mass is 228 g/mol. The minimum absolute atomic E-state index is 0.251. The number of halogens is 1. The third-order valence-corrected chi connectivity index (χ3v) is 2.43. The second-order valence-electron chi connectivity index (χ2n) is 3.73. The van der Waals surface area contributed by atoms with E-state index in [1.54, 1.807) is 18.3 Å². The van der Waals surface area contributed by atoms with Crippen molar-refractivity contribution >= 4 is 11.9 Å². The van der Waals surface area contributed by atoms with Crippen molar-refractivity contribution in [3.63, 3.8) is 0 Å². The summed E-state index contributed by atoms with van der Waals surface area (Å²) in [5.74, 6) is -0.251. The van der Waals surface area contributed by atoms with Crippen molar-refractivity contribution in [3.05, 3.63) is 65.5 Å². The van der Waals surface area contributed by atoms with Crippen LogP contribution in [0.2, 0.25) is 0 Å². The zero-order valence-electron chi connectivity index (χ0n) is 9.52. The van der Waals surface area contributed by atoms with Crippen LogP contribution < -0.4 is 5.43 Å². The van der Waals surface area contributed by atoms with E-state index in [0.717, 1.165) is 16.8 Å². The molecule has 0 heterocycles. The minimum Gasteiger partial charge on any atom is -0.279 e. The molecule has 86 valence electrons. The topological polar surface area (TPSA) is 24.4 Å². The number of rotatable bonds is 3. The van der Waals surface area contributed by atoms with E-state index in [-0.39, 0.29) is 5.82 Å². The van der Waals surface area contributed by atoms with Crippen LogP contribution in [-0.2, 0) is 0 Å². The van der Waals surface area contributed by atoms with Crippen LogP contribution in [0.5, 0.6) is 0 Å². The number of nitrogens with one attached hydrogen (secondary N) is 1. The number of anilines is 1. The molecule has 17 heavy (non-hydrogen) atoms. The summed E-state index contributed by atoms with van der Waals surface area (Å²) in [4.78, 5) is 0. The second-order valence-corrected chi connectivity index (χ2v) is 3.73. The number of hydrazone groups is 1. The zero-order chi connectivity index (χ0) is 12.1. The molecule has 2 rings (SSSR count). The fraction of sp³-hybridized carbons (Fsp3) is 0.0714. The smallest absolute Gasteiger partial charge is 0.123 e. The van der Waals surface area contributed by atoms with Crippen LogP contribution in [0, 0.1) is 12.7 Å². The van der Waals surface area contributed by atoms with E-state index >= 15 is 0 Å². The average Bonchev–Trinajstić information content (AvgIpc) is 2.34. The molecule has 0 saturated heterocycles. The van der Waals surface area contributed by atoms with E-state index in [4.69, 9.17) is 0 Å². The van der Waals surface area contributed by atoms with Crippen molar-refractivity contribution < 1.29 is 4.39 Å². The molecular weight excluding hydrogens is 215 g/mol. The number of aryl methyl sites for hydroxylation is 1. The highest BCUT2D eigenvalue weighted by atomic mass is 19.1. The Bertz CT molecular complexity index is 518. The maximum absolute atomic E-state index is 12.7. The Balaban J connectivity index is 2.03. The lowest BCUT2D eigenvalue weighted by Crippen LogP contribution is -1.92. The van der Waals surface area contributed by atoms with Crippen LogP contribution in [0.25, 0.3) is 0 Å². The molecule has 1 N–H and O–H groups in total. The van der Waals surface area contributed by atoms with Crippen LogP contribution in [0.15, 0.2) is 53.6 Å². The Morgan fingerprint density at radius 2 is 1.76 bits per heavy atom. The van der Waals surface area contributed by atoms with Gasteiger partial charge >= 0.3 is 0 Å². The molecule has 2 aromatic carbocycles. The normalized spacial score (nSPS) is 10.7. The van der Waals surface area contributed by atoms with E-state index in [0.29, 0.717) is 0 Å². The maximum Gasteiger partial charge on any atom is 0.123 e. The van der Waals surface area contributed by atoms with E-state index in [1.807, 2.05) is 31.2 Å². The summed E-state index contributed by atoms with van der Waals surface area (Å²) in [7, 11) is 0. The van der Waals surface area contributed by atoms with Crippen molar-refractivity contribution in [1.29, 1.82) is 0 Å². The van der Waals surface area contributed by atoms with E-state index < -0.39 is 0 Å². The summed E-state index contributed by atoms with van der Waals surface area (Å²) in [6, 6.07) is 14.0. The molecule has 0 aliphatic heterocycles. The highest BCUT2D eigenvalue weighted by Gasteiger charge is 1.92. The molecule has 0 unspecified atom stereocenters. The van der Waals surface area contributed by atoms with E-state index in [9.17, 15) is 4.39 Å². The van der Waals surface area contributed by atoms with Crippen molar-refractivity contribution in [3.8, 4) is 0 Å². The lowest BCUT2D eigenvalue weighted by Gasteiger charge is -2.00. The molecule has 0 aliphatic carbocycles. The third kappa shape index (κ3) is 3.14. The fourth-order valence-electron chi connectivity index (χ4n) is 1.43. The Morgan fingerprint density at radius 1 is 1.06 bits per heavy atom. The number of nitrogens with zero attached hydrogens (tertiary/aromatic N) is 1. The van der Waals surface area contributed by atoms with Gasteiger partial charge in [0.25, 0.3) is 0 Å². The summed E-state index contributed by atoms with van der Waals surface area (Å²) >= 11 is 0. The van der Waals surface area contributed by atoms with Crippen molar-refractivity contribution in [2.24, 2.45) is 5.10 Å². The molecule has 0 aliphatic rings. The predicted molar refractivity (Wildman–Crippen MR) is 68.8 cm³/mol. The van der Waals surface area contributed by atoms with Gasteiger partial charge in [-0.1, -0.05) is 24.3 Å². The van der Waals surface area contributed by atoms with Crippen LogP contribution in [0.4, 0.5) is 10.1 Å². The molecule has 0 bridgehead atoms. The Morgan fingerprint density at radius 3 is 2.47 bits per heavy atom. The first-order valence-corrected chi connectivity index (χ1v) is 5.36. The molecule has 0 saturated carbocycles. The first-order valence-electron chi connectivity index (χ1n) is 5.36. The summed E-state index contributed by atoms with van der Waals surface area (Å²) in [6.45, 7) is 2.03. The summed E-state index contributed by atoms with van der Waals surface area (Å²) < 4.78 is 12.7. The summed E-state index contributed by atoms with van der Waals surface area (Å²) in [5.41, 5.74) is 5.83. The molecule has 2 nitrogen and oxygen atoms in total. The van der Waals surface area contributed by atoms with Gasteiger partial charge in [-0.3, -0.25) is 5.43 Å². The molecule has 0 fully saturated rings. The molecule has 3 heteroatoms. The molecule has 0 radical (unpaired) electrons. The Labute approximate surface area is 99.8 Å². The molecule has 0 aromatic heterocycles. The van der Waals surface area contributed by atoms with Crippen molar-refractivity contribution in [2.45, 2.75) is 6.92 Å². The van der Waals surface area contributed by atoms with Gasteiger partial charge in [0.1, 0.15) is 5.82 Å². The summed E-state index contributed by atoms with van der Waals surface area (Å²) in [6.07, 6.45) is 1.75. The van der Waals surface area contributed by atoms with Gasteiger partial charge in [-0.05, 0) is 42.3 Å². The van der Waals surface area contributed by atoms with Gasteiger partial charge in [0.15, 0.2) is 0 Å². The molecule has 2 aromatic rings. The first kappa shape index (κ1) is 11.3. The van der Waals surface area contributed by atoms with Crippen LogP contribution in [0.3, 0.4) is 0 Å². The molecule has 0 atom stereocenters. The molecule has 0 spiro atoms. The second kappa shape index (κ2) is 5.25. The van der Waals surface area contributed by atoms with Crippen LogP contribution >= 0.6 is 0 Å². The van der Waals surface area contributed by atoms with Gasteiger partial charge in [0, 0.05) is 0 Å². The standard InChI is InChI=1S/C14H13FN2/c1-11-4-2-3-5-12(11)10-16-17-14-8-6-13(15)7-9-14/h2-10,17H,1H3/b16-10-. The highest BCUT2D eigenvalue weighted by molar-refractivity contribution is 5.82. The first-order chi connectivity index (χ1) is 8.25. The Hall–Kier alpha value is -2.16. The lowest BCUT2D eigenvalue weighted by atomic mass is 10.1.